The van der Waals surface area contributed by atoms with E-state index in [1.54, 1.807) is 12.1 Å². The van der Waals surface area contributed by atoms with Gasteiger partial charge in [0.1, 0.15) is 18.2 Å². The first kappa shape index (κ1) is 14.6. The van der Waals surface area contributed by atoms with Crippen LogP contribution in [0.4, 0.5) is 4.39 Å². The number of carbonyl (C=O) groups excluding carboxylic acids is 1. The summed E-state index contributed by atoms with van der Waals surface area (Å²) in [7, 11) is 0. The molecule has 0 radical (unpaired) electrons. The van der Waals surface area contributed by atoms with Crippen molar-refractivity contribution in [3.8, 4) is 0 Å². The van der Waals surface area contributed by atoms with Gasteiger partial charge in [-0.1, -0.05) is 30.3 Å². The third-order valence-electron chi connectivity index (χ3n) is 3.14. The molecular weight excluding hydrogens is 301 g/mol. The summed E-state index contributed by atoms with van der Waals surface area (Å²) in [6, 6.07) is 14.9. The van der Waals surface area contributed by atoms with Crippen molar-refractivity contribution in [2.75, 3.05) is 6.54 Å². The molecule has 1 aliphatic rings. The second kappa shape index (κ2) is 6.62. The maximum Gasteiger partial charge on any atom is 0.260 e. The molecule has 0 spiro atoms. The molecule has 2 aromatic rings. The number of benzene rings is 2. The molecule has 22 heavy (non-hydrogen) atoms. The minimum absolute atomic E-state index is 0.0501. The second-order valence-electron chi connectivity index (χ2n) is 4.76. The topological polar surface area (TPSA) is 53.5 Å². The summed E-state index contributed by atoms with van der Waals surface area (Å²) < 4.78 is 14.2. The van der Waals surface area contributed by atoms with E-state index < -0.39 is 0 Å². The third-order valence-corrected chi connectivity index (χ3v) is 4.26. The van der Waals surface area contributed by atoms with Crippen LogP contribution in [-0.2, 0) is 10.5 Å². The highest BCUT2D eigenvalue weighted by atomic mass is 32.2. The first-order valence-electron chi connectivity index (χ1n) is 6.78. The van der Waals surface area contributed by atoms with E-state index >= 15 is 0 Å². The molecule has 0 fully saturated rings. The van der Waals surface area contributed by atoms with Gasteiger partial charge >= 0.3 is 0 Å². The maximum atomic E-state index is 14.2. The van der Waals surface area contributed by atoms with Crippen molar-refractivity contribution in [1.29, 1.82) is 0 Å². The van der Waals surface area contributed by atoms with Gasteiger partial charge in [0, 0.05) is 16.2 Å². The monoisotopic (exact) mass is 315 g/mol. The number of nitrogens with one attached hydrogen (secondary N) is 2. The van der Waals surface area contributed by atoms with Crippen molar-refractivity contribution in [3.05, 3.63) is 65.5 Å². The van der Waals surface area contributed by atoms with Gasteiger partial charge in [0.05, 0.1) is 0 Å². The van der Waals surface area contributed by atoms with Gasteiger partial charge in [-0.05, 0) is 23.8 Å². The molecule has 3 rings (SSSR count). The lowest BCUT2D eigenvalue weighted by Gasteiger charge is -2.16. The summed E-state index contributed by atoms with van der Waals surface area (Å²) in [5.41, 5.74) is 6.89. The molecule has 0 aliphatic carbocycles. The Morgan fingerprint density at radius 3 is 2.64 bits per heavy atom. The number of thioether (sulfide) groups is 1. The molecule has 112 valence electrons. The molecule has 0 unspecified atom stereocenters. The van der Waals surface area contributed by atoms with Gasteiger partial charge in [0.2, 0.25) is 0 Å². The van der Waals surface area contributed by atoms with Crippen molar-refractivity contribution in [2.24, 2.45) is 4.99 Å². The van der Waals surface area contributed by atoms with Crippen LogP contribution >= 0.6 is 11.8 Å². The summed E-state index contributed by atoms with van der Waals surface area (Å²) in [4.78, 5) is 15.7. The molecule has 0 aromatic heterocycles. The Labute approximate surface area is 131 Å². The Balaban J connectivity index is 1.71. The molecule has 0 atom stereocenters. The third kappa shape index (κ3) is 3.46. The molecule has 4 nitrogen and oxygen atoms in total. The van der Waals surface area contributed by atoms with Gasteiger partial charge in [0.25, 0.3) is 5.91 Å². The lowest BCUT2D eigenvalue weighted by Crippen LogP contribution is -2.47. The number of aliphatic imine (C=N–C) groups is 1. The fourth-order valence-electron chi connectivity index (χ4n) is 2.02. The van der Waals surface area contributed by atoms with E-state index in [0.29, 0.717) is 22.0 Å². The van der Waals surface area contributed by atoms with Crippen LogP contribution in [0, 0.1) is 5.82 Å². The lowest BCUT2D eigenvalue weighted by molar-refractivity contribution is -0.120. The number of hydrazine groups is 1. The van der Waals surface area contributed by atoms with Gasteiger partial charge in [-0.15, -0.1) is 11.8 Å². The normalized spacial score (nSPS) is 14.0. The quantitative estimate of drug-likeness (QED) is 0.852. The fraction of sp³-hybridized carbons (Fsp3) is 0.125. The zero-order valence-electron chi connectivity index (χ0n) is 11.7. The summed E-state index contributed by atoms with van der Waals surface area (Å²) in [5.74, 6) is 0.684. The Hall–Kier alpha value is -2.34. The fourth-order valence-corrected chi connectivity index (χ4v) is 2.90. The van der Waals surface area contributed by atoms with E-state index in [0.717, 1.165) is 5.56 Å². The molecule has 0 bridgehead atoms. The zero-order valence-corrected chi connectivity index (χ0v) is 12.5. The van der Waals surface area contributed by atoms with Crippen molar-refractivity contribution in [1.82, 2.24) is 10.9 Å². The Morgan fingerprint density at radius 2 is 1.95 bits per heavy atom. The lowest BCUT2D eigenvalue weighted by atomic mass is 10.2. The summed E-state index contributed by atoms with van der Waals surface area (Å²) in [6.45, 7) is 0.0501. The predicted octanol–water partition coefficient (Wildman–Crippen LogP) is 2.50. The smallest absolute Gasteiger partial charge is 0.260 e. The maximum absolute atomic E-state index is 14.2. The molecule has 6 heteroatoms. The average Bonchev–Trinajstić information content (AvgIpc) is 2.55. The molecule has 0 saturated heterocycles. The molecular formula is C16H14FN3OS. The van der Waals surface area contributed by atoms with Crippen molar-refractivity contribution in [2.45, 2.75) is 10.6 Å². The Bertz CT molecular complexity index is 719. The van der Waals surface area contributed by atoms with E-state index in [2.05, 4.69) is 15.8 Å². The van der Waals surface area contributed by atoms with Crippen LogP contribution in [0.2, 0.25) is 0 Å². The number of rotatable bonds is 4. The minimum Gasteiger partial charge on any atom is -0.282 e. The highest BCUT2D eigenvalue weighted by molar-refractivity contribution is 7.98. The van der Waals surface area contributed by atoms with Crippen molar-refractivity contribution < 1.29 is 9.18 Å². The second-order valence-corrected chi connectivity index (χ2v) is 5.77. The van der Waals surface area contributed by atoms with Crippen LogP contribution in [0.25, 0.3) is 0 Å². The minimum atomic E-state index is -0.292. The first-order chi connectivity index (χ1) is 10.7. The number of nitrogens with zero attached hydrogens (tertiary/aromatic N) is 1. The van der Waals surface area contributed by atoms with E-state index in [-0.39, 0.29) is 18.3 Å². The number of hydrogen-bond acceptors (Lipinski definition) is 4. The first-order valence-corrected chi connectivity index (χ1v) is 7.77. The number of halogens is 1. The van der Waals surface area contributed by atoms with E-state index in [1.165, 1.54) is 17.8 Å². The average molecular weight is 315 g/mol. The Kier molecular flexibility index (Phi) is 4.39. The molecule has 0 saturated carbocycles. The highest BCUT2D eigenvalue weighted by Crippen LogP contribution is 2.26. The van der Waals surface area contributed by atoms with Gasteiger partial charge in [0.15, 0.2) is 0 Å². The summed E-state index contributed by atoms with van der Waals surface area (Å²) in [5, 5.41) is 0. The number of amidine groups is 1. The van der Waals surface area contributed by atoms with E-state index in [4.69, 9.17) is 0 Å². The van der Waals surface area contributed by atoms with Crippen LogP contribution in [-0.4, -0.2) is 18.3 Å². The van der Waals surface area contributed by atoms with Crippen LogP contribution in [0.3, 0.4) is 0 Å². The Morgan fingerprint density at radius 1 is 1.14 bits per heavy atom. The van der Waals surface area contributed by atoms with Gasteiger partial charge in [-0.25, -0.2) is 4.39 Å². The molecule has 2 N–H and O–H groups in total. The van der Waals surface area contributed by atoms with Crippen molar-refractivity contribution >= 4 is 23.5 Å². The van der Waals surface area contributed by atoms with Gasteiger partial charge in [-0.3, -0.25) is 20.6 Å². The van der Waals surface area contributed by atoms with Crippen LogP contribution in [0.5, 0.6) is 0 Å². The van der Waals surface area contributed by atoms with E-state index in [9.17, 15) is 9.18 Å². The van der Waals surface area contributed by atoms with Gasteiger partial charge in [-0.2, -0.15) is 0 Å². The number of hydrogen-bond donors (Lipinski definition) is 2. The standard InChI is InChI=1S/C16H14FN3OS/c17-13-8-12(16-18-9-15(21)19-20-16)6-7-14(13)22-10-11-4-2-1-3-5-11/h1-8H,9-10H2,(H,18,20)(H,19,21). The molecule has 2 aromatic carbocycles. The zero-order chi connectivity index (χ0) is 15.4. The van der Waals surface area contributed by atoms with Gasteiger partial charge < -0.3 is 0 Å². The molecule has 1 amide bonds. The number of carbonyl (C=O) groups is 1. The number of amides is 1. The molecule has 1 heterocycles. The molecule has 1 aliphatic heterocycles. The highest BCUT2D eigenvalue weighted by Gasteiger charge is 2.13. The largest absolute Gasteiger partial charge is 0.282 e. The van der Waals surface area contributed by atoms with Crippen LogP contribution in [0.15, 0.2) is 58.4 Å². The summed E-state index contributed by atoms with van der Waals surface area (Å²) >= 11 is 1.45. The van der Waals surface area contributed by atoms with Crippen molar-refractivity contribution in [3.63, 3.8) is 0 Å². The van der Waals surface area contributed by atoms with Crippen LogP contribution < -0.4 is 10.9 Å². The predicted molar refractivity (Wildman–Crippen MR) is 85.1 cm³/mol. The van der Waals surface area contributed by atoms with Crippen LogP contribution in [0.1, 0.15) is 11.1 Å². The van der Waals surface area contributed by atoms with E-state index in [1.807, 2.05) is 30.3 Å². The summed E-state index contributed by atoms with van der Waals surface area (Å²) in [6.07, 6.45) is 0. The SMILES string of the molecule is O=C1CN=C(c2ccc(SCc3ccccc3)c(F)c2)NN1.